The summed E-state index contributed by atoms with van der Waals surface area (Å²) in [6.07, 6.45) is 7.40. The second-order valence-electron chi connectivity index (χ2n) is 16.6. The van der Waals surface area contributed by atoms with Crippen LogP contribution >= 0.6 is 18.7 Å². The summed E-state index contributed by atoms with van der Waals surface area (Å²) in [6, 6.07) is 12.2. The number of fused-ring (bicyclic) bond motifs is 1. The Bertz CT molecular complexity index is 2100. The number of benzene rings is 2. The minimum atomic E-state index is -2.51. The number of hydrogen-bond acceptors (Lipinski definition) is 12. The van der Waals surface area contributed by atoms with Gasteiger partial charge in [-0.2, -0.15) is 4.98 Å². The number of likely N-dealkylation sites (tertiary alicyclic amines) is 2. The molecule has 5 aliphatic rings. The lowest BCUT2D eigenvalue weighted by Crippen LogP contribution is -2.54. The minimum absolute atomic E-state index is 0.103. The van der Waals surface area contributed by atoms with Crippen molar-refractivity contribution in [1.29, 1.82) is 0 Å². The molecule has 2 aromatic carbocycles. The average molecular weight is 816 g/mol. The van der Waals surface area contributed by atoms with E-state index in [0.29, 0.717) is 39.8 Å². The van der Waals surface area contributed by atoms with E-state index < -0.39 is 30.9 Å². The van der Waals surface area contributed by atoms with Gasteiger partial charge in [-0.05, 0) is 107 Å². The third kappa shape index (κ3) is 8.74. The number of nitrogens with zero attached hydrogens (tertiary/aromatic N) is 6. The van der Waals surface area contributed by atoms with Gasteiger partial charge >= 0.3 is 0 Å². The van der Waals surface area contributed by atoms with Crippen LogP contribution in [0.5, 0.6) is 0 Å². The first-order chi connectivity index (χ1) is 27.4. The molecule has 14 nitrogen and oxygen atoms in total. The van der Waals surface area contributed by atoms with Gasteiger partial charge in [0, 0.05) is 62.7 Å². The molecule has 1 aromatic heterocycles. The Morgan fingerprint density at radius 3 is 2.26 bits per heavy atom. The van der Waals surface area contributed by atoms with E-state index >= 15 is 0 Å². The molecule has 16 heteroatoms. The van der Waals surface area contributed by atoms with Gasteiger partial charge in [-0.3, -0.25) is 29.4 Å². The van der Waals surface area contributed by atoms with E-state index in [9.17, 15) is 23.7 Å². The van der Waals surface area contributed by atoms with Crippen molar-refractivity contribution in [2.75, 3.05) is 81.2 Å². The average Bonchev–Trinajstić information content (AvgIpc) is 3.73. The molecule has 8 rings (SSSR count). The second kappa shape index (κ2) is 16.5. The Balaban J connectivity index is 0.764. The Morgan fingerprint density at radius 2 is 1.53 bits per heavy atom. The third-order valence-electron chi connectivity index (χ3n) is 12.2. The van der Waals surface area contributed by atoms with Crippen LogP contribution in [0.4, 0.5) is 23.1 Å². The van der Waals surface area contributed by atoms with Crippen LogP contribution in [0.1, 0.15) is 65.7 Å². The number of carbonyl (C=O) groups is 4. The smallest absolute Gasteiger partial charge is 0.262 e. The molecule has 1 unspecified atom stereocenters. The number of halogens is 1. The molecular formula is C41H51ClN9O5P. The molecule has 302 valence electrons. The van der Waals surface area contributed by atoms with Crippen LogP contribution in [0, 0.1) is 11.8 Å². The first-order valence-corrected chi connectivity index (χ1v) is 23.1. The molecule has 0 bridgehead atoms. The zero-order valence-electron chi connectivity index (χ0n) is 32.6. The van der Waals surface area contributed by atoms with Crippen LogP contribution in [-0.4, -0.2) is 126 Å². The first kappa shape index (κ1) is 39.5. The number of aromatic nitrogens is 2. The molecule has 4 amide bonds. The van der Waals surface area contributed by atoms with Gasteiger partial charge in [-0.1, -0.05) is 23.7 Å². The highest BCUT2D eigenvalue weighted by molar-refractivity contribution is 7.70. The summed E-state index contributed by atoms with van der Waals surface area (Å²) in [6.45, 7) is 11.7. The van der Waals surface area contributed by atoms with E-state index in [1.807, 2.05) is 30.3 Å². The summed E-state index contributed by atoms with van der Waals surface area (Å²) >= 11 is 6.47. The molecule has 0 saturated carbocycles. The maximum absolute atomic E-state index is 13.3. The molecule has 57 heavy (non-hydrogen) atoms. The molecule has 2 atom stereocenters. The molecule has 4 saturated heterocycles. The van der Waals surface area contributed by atoms with E-state index in [1.54, 1.807) is 31.7 Å². The molecule has 0 radical (unpaired) electrons. The molecule has 6 heterocycles. The number of nitrogens with one attached hydrogen (secondary N) is 3. The first-order valence-electron chi connectivity index (χ1n) is 20.2. The number of piperidine rings is 3. The number of rotatable bonds is 11. The monoisotopic (exact) mass is 815 g/mol. The van der Waals surface area contributed by atoms with Crippen molar-refractivity contribution in [2.24, 2.45) is 11.8 Å². The summed E-state index contributed by atoms with van der Waals surface area (Å²) in [5.41, 5.74) is 2.30. The normalized spacial score (nSPS) is 22.9. The van der Waals surface area contributed by atoms with Crippen LogP contribution < -0.4 is 26.2 Å². The maximum atomic E-state index is 13.3. The minimum Gasteiger partial charge on any atom is -0.371 e. The highest BCUT2D eigenvalue weighted by atomic mass is 35.5. The topological polar surface area (TPSA) is 160 Å². The summed E-state index contributed by atoms with van der Waals surface area (Å²) in [5.74, 6) is 0.390. The van der Waals surface area contributed by atoms with Crippen molar-refractivity contribution >= 4 is 70.8 Å². The number of anilines is 4. The fraction of sp³-hybridized carbons (Fsp3) is 0.512. The Labute approximate surface area is 338 Å². The van der Waals surface area contributed by atoms with Crippen molar-refractivity contribution in [3.05, 3.63) is 64.8 Å². The summed E-state index contributed by atoms with van der Waals surface area (Å²) in [7, 11) is -2.51. The van der Waals surface area contributed by atoms with E-state index in [1.165, 1.54) is 12.8 Å². The fourth-order valence-electron chi connectivity index (χ4n) is 9.11. The van der Waals surface area contributed by atoms with Gasteiger partial charge in [-0.25, -0.2) is 4.98 Å². The van der Waals surface area contributed by atoms with Crippen molar-refractivity contribution in [3.63, 3.8) is 0 Å². The largest absolute Gasteiger partial charge is 0.371 e. The third-order valence-corrected chi connectivity index (χ3v) is 14.1. The Kier molecular flexibility index (Phi) is 11.4. The SMILES string of the molecule is CP(C)(=O)c1ccccc1Nc1nc(N[C@@H]2CCN(CC3CCN(CC4CCN(c5ccc6c(c5)C(=O)N(C5CCC(=O)NC5=O)C6=O)CC4)CC3)C2)ncc1Cl. The Morgan fingerprint density at radius 1 is 0.842 bits per heavy atom. The van der Waals surface area contributed by atoms with Crippen molar-refractivity contribution in [1.82, 2.24) is 30.0 Å². The van der Waals surface area contributed by atoms with E-state index in [4.69, 9.17) is 11.6 Å². The van der Waals surface area contributed by atoms with Crippen LogP contribution in [0.15, 0.2) is 48.7 Å². The van der Waals surface area contributed by atoms with Gasteiger partial charge in [0.1, 0.15) is 18.2 Å². The lowest BCUT2D eigenvalue weighted by molar-refractivity contribution is -0.136. The van der Waals surface area contributed by atoms with E-state index in [2.05, 4.69) is 40.6 Å². The molecule has 3 N–H and O–H groups in total. The number of carbonyl (C=O) groups excluding carboxylic acids is 4. The maximum Gasteiger partial charge on any atom is 0.262 e. The van der Waals surface area contributed by atoms with Gasteiger partial charge in [0.05, 0.1) is 23.0 Å². The highest BCUT2D eigenvalue weighted by Crippen LogP contribution is 2.39. The molecule has 4 fully saturated rings. The van der Waals surface area contributed by atoms with Gasteiger partial charge in [0.2, 0.25) is 17.8 Å². The van der Waals surface area contributed by atoms with Crippen molar-refractivity contribution < 1.29 is 23.7 Å². The van der Waals surface area contributed by atoms with Gasteiger partial charge in [0.15, 0.2) is 5.82 Å². The van der Waals surface area contributed by atoms with Crippen LogP contribution in [0.3, 0.4) is 0 Å². The van der Waals surface area contributed by atoms with E-state index in [-0.39, 0.29) is 24.8 Å². The van der Waals surface area contributed by atoms with E-state index in [0.717, 1.165) is 93.2 Å². The Hall–Kier alpha value is -4.36. The zero-order chi connectivity index (χ0) is 39.8. The molecule has 5 aliphatic heterocycles. The fourth-order valence-corrected chi connectivity index (χ4v) is 10.4. The summed E-state index contributed by atoms with van der Waals surface area (Å²) in [4.78, 5) is 68.2. The van der Waals surface area contributed by atoms with Gasteiger partial charge in [0.25, 0.3) is 11.8 Å². The van der Waals surface area contributed by atoms with Crippen molar-refractivity contribution in [2.45, 2.75) is 57.0 Å². The second-order valence-corrected chi connectivity index (χ2v) is 20.2. The lowest BCUT2D eigenvalue weighted by Gasteiger charge is -2.39. The quantitative estimate of drug-likeness (QED) is 0.182. The standard InChI is InChI=1S/C41H51ClN9O5P/c1-57(2,56)35-6-4-3-5-33(35)45-37-32(42)22-43-41(47-37)44-28-15-18-49(25-28)24-26-11-16-48(17-12-26)23-27-13-19-50(20-14-27)29-7-8-30-31(21-29)40(55)51(39(30)54)34-9-10-36(52)46-38(34)53/h3-8,21-22,26-28,34H,9-20,23-25H2,1-2H3,(H,46,52,53)(H2,43,44,45,47)/t28-,34?/m1/s1. The number of amides is 4. The zero-order valence-corrected chi connectivity index (χ0v) is 34.2. The molecule has 3 aromatic rings. The van der Waals surface area contributed by atoms with Gasteiger partial charge < -0.3 is 29.9 Å². The number of hydrogen-bond donors (Lipinski definition) is 3. The number of imide groups is 2. The van der Waals surface area contributed by atoms with Crippen LogP contribution in [0.2, 0.25) is 5.02 Å². The predicted molar refractivity (Wildman–Crippen MR) is 222 cm³/mol. The number of para-hydroxylation sites is 1. The molecule has 0 spiro atoms. The summed E-state index contributed by atoms with van der Waals surface area (Å²) in [5, 5.41) is 10.2. The summed E-state index contributed by atoms with van der Waals surface area (Å²) < 4.78 is 12.9. The predicted octanol–water partition coefficient (Wildman–Crippen LogP) is 4.64. The van der Waals surface area contributed by atoms with Crippen LogP contribution in [0.25, 0.3) is 0 Å². The van der Waals surface area contributed by atoms with Crippen LogP contribution in [-0.2, 0) is 14.2 Å². The highest BCUT2D eigenvalue weighted by Gasteiger charge is 2.45. The van der Waals surface area contributed by atoms with Crippen molar-refractivity contribution in [3.8, 4) is 0 Å². The molecular weight excluding hydrogens is 765 g/mol. The lowest BCUT2D eigenvalue weighted by atomic mass is 9.92. The van der Waals surface area contributed by atoms with Gasteiger partial charge in [-0.15, -0.1) is 0 Å². The molecule has 0 aliphatic carbocycles.